The van der Waals surface area contributed by atoms with Crippen molar-refractivity contribution in [2.75, 3.05) is 32.8 Å². The van der Waals surface area contributed by atoms with Crippen molar-refractivity contribution in [2.24, 2.45) is 5.92 Å². The molecule has 0 spiro atoms. The molecular formula is C19H27FN2O3. The van der Waals surface area contributed by atoms with Crippen LogP contribution in [0.25, 0.3) is 0 Å². The van der Waals surface area contributed by atoms with Crippen LogP contribution in [-0.4, -0.2) is 54.4 Å². The molecule has 0 bridgehead atoms. The molecule has 25 heavy (non-hydrogen) atoms. The molecule has 138 valence electrons. The average molecular weight is 350 g/mol. The fraction of sp³-hybridized carbons (Fsp3) is 0.579. The summed E-state index contributed by atoms with van der Waals surface area (Å²) < 4.78 is 19.2. The van der Waals surface area contributed by atoms with E-state index in [0.717, 1.165) is 6.42 Å². The van der Waals surface area contributed by atoms with Crippen LogP contribution in [0.1, 0.15) is 44.0 Å². The van der Waals surface area contributed by atoms with Gasteiger partial charge in [-0.1, -0.05) is 13.8 Å². The Labute approximate surface area is 148 Å². The van der Waals surface area contributed by atoms with Crippen molar-refractivity contribution in [1.29, 1.82) is 0 Å². The molecule has 1 aliphatic heterocycles. The lowest BCUT2D eigenvalue weighted by molar-refractivity contribution is -0.131. The molecule has 1 fully saturated rings. The van der Waals surface area contributed by atoms with E-state index in [0.29, 0.717) is 50.7 Å². The molecule has 1 saturated heterocycles. The minimum absolute atomic E-state index is 0.136. The van der Waals surface area contributed by atoms with Gasteiger partial charge in [0, 0.05) is 38.2 Å². The quantitative estimate of drug-likeness (QED) is 0.820. The van der Waals surface area contributed by atoms with Gasteiger partial charge in [0.05, 0.1) is 6.61 Å². The number of carbonyl (C=O) groups excluding carboxylic acids is 2. The zero-order valence-corrected chi connectivity index (χ0v) is 15.3. The summed E-state index contributed by atoms with van der Waals surface area (Å²) in [5, 5.41) is 0. The Balaban J connectivity index is 2.01. The number of hydrogen-bond acceptors (Lipinski definition) is 3. The van der Waals surface area contributed by atoms with Crippen LogP contribution in [0, 0.1) is 11.7 Å². The maximum atomic E-state index is 14.0. The van der Waals surface area contributed by atoms with E-state index >= 15 is 0 Å². The first-order valence-electron chi connectivity index (χ1n) is 8.91. The van der Waals surface area contributed by atoms with E-state index in [-0.39, 0.29) is 17.6 Å². The average Bonchev–Trinajstić information content (AvgIpc) is 2.81. The zero-order chi connectivity index (χ0) is 18.4. The standard InChI is InChI=1S/C19H27FN2O3/c1-4-25-17-7-6-15(13-16(17)20)19(24)22-9-5-8-21(10-11-22)18(23)12-14(2)3/h6-7,13-14H,4-5,8-12H2,1-3H3. The van der Waals surface area contributed by atoms with Crippen LogP contribution in [0.3, 0.4) is 0 Å². The molecule has 0 N–H and O–H groups in total. The van der Waals surface area contributed by atoms with Gasteiger partial charge < -0.3 is 14.5 Å². The predicted octanol–water partition coefficient (Wildman–Crippen LogP) is 2.95. The number of hydrogen-bond donors (Lipinski definition) is 0. The van der Waals surface area contributed by atoms with Gasteiger partial charge in [0.1, 0.15) is 0 Å². The Morgan fingerprint density at radius 1 is 1.16 bits per heavy atom. The van der Waals surface area contributed by atoms with Crippen molar-refractivity contribution in [3.8, 4) is 5.75 Å². The van der Waals surface area contributed by atoms with E-state index in [9.17, 15) is 14.0 Å². The first-order chi connectivity index (χ1) is 11.9. The summed E-state index contributed by atoms with van der Waals surface area (Å²) in [6.07, 6.45) is 1.26. The first kappa shape index (κ1) is 19.2. The summed E-state index contributed by atoms with van der Waals surface area (Å²) in [6.45, 7) is 8.41. The highest BCUT2D eigenvalue weighted by atomic mass is 19.1. The fourth-order valence-electron chi connectivity index (χ4n) is 2.94. The molecule has 1 heterocycles. The van der Waals surface area contributed by atoms with Gasteiger partial charge in [0.15, 0.2) is 11.6 Å². The molecule has 1 aromatic carbocycles. The molecule has 0 atom stereocenters. The molecule has 0 saturated carbocycles. The number of halogens is 1. The summed E-state index contributed by atoms with van der Waals surface area (Å²) in [4.78, 5) is 28.4. The smallest absolute Gasteiger partial charge is 0.254 e. The van der Waals surface area contributed by atoms with Crippen LogP contribution in [-0.2, 0) is 4.79 Å². The topological polar surface area (TPSA) is 49.9 Å². The molecule has 0 unspecified atom stereocenters. The minimum Gasteiger partial charge on any atom is -0.491 e. The highest BCUT2D eigenvalue weighted by Gasteiger charge is 2.23. The van der Waals surface area contributed by atoms with Crippen molar-refractivity contribution in [3.63, 3.8) is 0 Å². The Morgan fingerprint density at radius 3 is 2.48 bits per heavy atom. The normalized spacial score (nSPS) is 15.2. The lowest BCUT2D eigenvalue weighted by Crippen LogP contribution is -2.37. The number of rotatable bonds is 5. The van der Waals surface area contributed by atoms with E-state index in [1.807, 2.05) is 18.7 Å². The van der Waals surface area contributed by atoms with Crippen LogP contribution in [0.2, 0.25) is 0 Å². The van der Waals surface area contributed by atoms with Crippen LogP contribution >= 0.6 is 0 Å². The molecule has 0 aromatic heterocycles. The van der Waals surface area contributed by atoms with Crippen molar-refractivity contribution < 1.29 is 18.7 Å². The number of ether oxygens (including phenoxy) is 1. The van der Waals surface area contributed by atoms with E-state index in [4.69, 9.17) is 4.74 Å². The second-order valence-corrected chi connectivity index (χ2v) is 6.70. The maximum Gasteiger partial charge on any atom is 0.254 e. The minimum atomic E-state index is -0.531. The second-order valence-electron chi connectivity index (χ2n) is 6.70. The summed E-state index contributed by atoms with van der Waals surface area (Å²) in [5.41, 5.74) is 0.308. The molecule has 0 radical (unpaired) electrons. The lowest BCUT2D eigenvalue weighted by Gasteiger charge is -2.23. The monoisotopic (exact) mass is 350 g/mol. The van der Waals surface area contributed by atoms with Gasteiger partial charge in [0.2, 0.25) is 5.91 Å². The van der Waals surface area contributed by atoms with Crippen molar-refractivity contribution in [2.45, 2.75) is 33.6 Å². The number of amides is 2. The molecule has 2 amide bonds. The Morgan fingerprint density at radius 2 is 1.84 bits per heavy atom. The lowest BCUT2D eigenvalue weighted by atomic mass is 10.1. The molecular weight excluding hydrogens is 323 g/mol. The SMILES string of the molecule is CCOc1ccc(C(=O)N2CCCN(C(=O)CC(C)C)CC2)cc1F. The summed E-state index contributed by atoms with van der Waals surface area (Å²) in [7, 11) is 0. The molecule has 1 aliphatic rings. The first-order valence-corrected chi connectivity index (χ1v) is 8.91. The van der Waals surface area contributed by atoms with Crippen LogP contribution < -0.4 is 4.74 Å². The molecule has 6 heteroatoms. The third-order valence-electron chi connectivity index (χ3n) is 4.20. The van der Waals surface area contributed by atoms with Gasteiger partial charge in [-0.3, -0.25) is 9.59 Å². The number of carbonyl (C=O) groups is 2. The predicted molar refractivity (Wildman–Crippen MR) is 94.1 cm³/mol. The van der Waals surface area contributed by atoms with Gasteiger partial charge in [-0.2, -0.15) is 0 Å². The molecule has 1 aromatic rings. The molecule has 5 nitrogen and oxygen atoms in total. The largest absolute Gasteiger partial charge is 0.491 e. The Hall–Kier alpha value is -2.11. The van der Waals surface area contributed by atoms with Gasteiger partial charge in [-0.15, -0.1) is 0 Å². The summed E-state index contributed by atoms with van der Waals surface area (Å²) in [6, 6.07) is 4.30. The maximum absolute atomic E-state index is 14.0. The summed E-state index contributed by atoms with van der Waals surface area (Å²) >= 11 is 0. The number of nitrogens with zero attached hydrogens (tertiary/aromatic N) is 2. The van der Waals surface area contributed by atoms with Gasteiger partial charge in [0.25, 0.3) is 5.91 Å². The highest BCUT2D eigenvalue weighted by molar-refractivity contribution is 5.94. The summed E-state index contributed by atoms with van der Waals surface area (Å²) in [5.74, 6) is -0.131. The highest BCUT2D eigenvalue weighted by Crippen LogP contribution is 2.20. The zero-order valence-electron chi connectivity index (χ0n) is 15.3. The van der Waals surface area contributed by atoms with Gasteiger partial charge in [-0.05, 0) is 37.5 Å². The third-order valence-corrected chi connectivity index (χ3v) is 4.20. The second kappa shape index (κ2) is 8.83. The van der Waals surface area contributed by atoms with E-state index < -0.39 is 5.82 Å². The van der Waals surface area contributed by atoms with Crippen LogP contribution in [0.4, 0.5) is 4.39 Å². The van der Waals surface area contributed by atoms with E-state index in [1.165, 1.54) is 12.1 Å². The Bertz CT molecular complexity index is 619. The van der Waals surface area contributed by atoms with E-state index in [1.54, 1.807) is 17.9 Å². The van der Waals surface area contributed by atoms with Crippen molar-refractivity contribution in [3.05, 3.63) is 29.6 Å². The van der Waals surface area contributed by atoms with Gasteiger partial charge >= 0.3 is 0 Å². The van der Waals surface area contributed by atoms with Crippen molar-refractivity contribution >= 4 is 11.8 Å². The third kappa shape index (κ3) is 5.18. The molecule has 2 rings (SSSR count). The molecule has 0 aliphatic carbocycles. The van der Waals surface area contributed by atoms with Crippen LogP contribution in [0.5, 0.6) is 5.75 Å². The van der Waals surface area contributed by atoms with Crippen molar-refractivity contribution in [1.82, 2.24) is 9.80 Å². The number of benzene rings is 1. The van der Waals surface area contributed by atoms with Crippen LogP contribution in [0.15, 0.2) is 18.2 Å². The fourth-order valence-corrected chi connectivity index (χ4v) is 2.94. The van der Waals surface area contributed by atoms with E-state index in [2.05, 4.69) is 0 Å². The van der Waals surface area contributed by atoms with Gasteiger partial charge in [-0.25, -0.2) is 4.39 Å². The Kier molecular flexibility index (Phi) is 6.79.